The van der Waals surface area contributed by atoms with Gasteiger partial charge in [-0.1, -0.05) is 24.3 Å². The van der Waals surface area contributed by atoms with Gasteiger partial charge in [0, 0.05) is 18.2 Å². The molecule has 0 saturated heterocycles. The lowest BCUT2D eigenvalue weighted by atomic mass is 10.1. The van der Waals surface area contributed by atoms with Gasteiger partial charge in [-0.05, 0) is 29.3 Å². The zero-order valence-corrected chi connectivity index (χ0v) is 13.2. The van der Waals surface area contributed by atoms with E-state index in [0.29, 0.717) is 6.54 Å². The van der Waals surface area contributed by atoms with E-state index < -0.39 is 0 Å². The fourth-order valence-corrected chi connectivity index (χ4v) is 2.39. The number of methoxy groups -OCH3 is 2. The molecule has 3 rings (SSSR count). The molecule has 3 aromatic rings. The molecule has 0 bridgehead atoms. The van der Waals surface area contributed by atoms with Gasteiger partial charge < -0.3 is 15.2 Å². The van der Waals surface area contributed by atoms with Crippen LogP contribution in [0.3, 0.4) is 0 Å². The monoisotopic (exact) mass is 309 g/mol. The van der Waals surface area contributed by atoms with Crippen LogP contribution in [-0.2, 0) is 6.54 Å². The molecule has 1 heterocycles. The first kappa shape index (κ1) is 15.1. The quantitative estimate of drug-likeness (QED) is 0.759. The maximum Gasteiger partial charge on any atom is 0.123 e. The van der Waals surface area contributed by atoms with Gasteiger partial charge in [0.05, 0.1) is 25.6 Å². The number of nitrogens with one attached hydrogen (secondary N) is 1. The summed E-state index contributed by atoms with van der Waals surface area (Å²) in [5, 5.41) is 7.47. The molecule has 0 saturated carbocycles. The van der Waals surface area contributed by atoms with Crippen LogP contribution in [0.2, 0.25) is 0 Å². The average molecular weight is 309 g/mol. The molecular formula is C18H19N3O2. The summed E-state index contributed by atoms with van der Waals surface area (Å²) < 4.78 is 10.6. The van der Waals surface area contributed by atoms with Crippen LogP contribution in [-0.4, -0.2) is 24.4 Å². The van der Waals surface area contributed by atoms with Gasteiger partial charge in [0.15, 0.2) is 0 Å². The molecule has 0 atom stereocenters. The zero-order valence-electron chi connectivity index (χ0n) is 13.2. The zero-order chi connectivity index (χ0) is 16.2. The molecule has 0 radical (unpaired) electrons. The third kappa shape index (κ3) is 3.19. The smallest absolute Gasteiger partial charge is 0.123 e. The van der Waals surface area contributed by atoms with E-state index in [1.807, 2.05) is 48.5 Å². The number of aromatic nitrogens is 2. The Balaban J connectivity index is 1.94. The summed E-state index contributed by atoms with van der Waals surface area (Å²) in [5.74, 6) is 1.47. The first-order valence-electron chi connectivity index (χ1n) is 7.31. The predicted molar refractivity (Wildman–Crippen MR) is 90.5 cm³/mol. The minimum Gasteiger partial charge on any atom is -0.497 e. The summed E-state index contributed by atoms with van der Waals surface area (Å²) in [7, 11) is 3.26. The molecule has 5 nitrogen and oxygen atoms in total. The van der Waals surface area contributed by atoms with Crippen LogP contribution < -0.4 is 15.2 Å². The van der Waals surface area contributed by atoms with Crippen molar-refractivity contribution in [3.05, 3.63) is 54.1 Å². The Morgan fingerprint density at radius 2 is 1.57 bits per heavy atom. The van der Waals surface area contributed by atoms with Gasteiger partial charge in [0.2, 0.25) is 0 Å². The van der Waals surface area contributed by atoms with Gasteiger partial charge >= 0.3 is 0 Å². The molecule has 0 fully saturated rings. The molecule has 2 aromatic carbocycles. The molecule has 1 aromatic heterocycles. The minimum absolute atomic E-state index is 0.540. The highest BCUT2D eigenvalue weighted by atomic mass is 16.5. The Hall–Kier alpha value is -2.79. The molecule has 0 aliphatic heterocycles. The molecule has 0 amide bonds. The number of nitrogens with zero attached hydrogens (tertiary/aromatic N) is 1. The number of hydrogen-bond donors (Lipinski definition) is 2. The molecule has 0 aliphatic carbocycles. The Morgan fingerprint density at radius 1 is 0.913 bits per heavy atom. The summed E-state index contributed by atoms with van der Waals surface area (Å²) in [6.07, 6.45) is 0. The van der Waals surface area contributed by atoms with Crippen LogP contribution >= 0.6 is 0 Å². The number of rotatable bonds is 5. The first-order valence-corrected chi connectivity index (χ1v) is 7.31. The standard InChI is InChI=1S/C18H19N3O2/c1-22-15-7-14(8-16(9-15)23-2)18-10-17(20-21-18)13-5-3-12(11-19)4-6-13/h3-10H,11,19H2,1-2H3,(H,20,21). The van der Waals surface area contributed by atoms with Gasteiger partial charge in [0.25, 0.3) is 0 Å². The summed E-state index contributed by atoms with van der Waals surface area (Å²) in [4.78, 5) is 0. The van der Waals surface area contributed by atoms with Crippen molar-refractivity contribution in [1.29, 1.82) is 0 Å². The maximum absolute atomic E-state index is 5.63. The van der Waals surface area contributed by atoms with E-state index >= 15 is 0 Å². The van der Waals surface area contributed by atoms with Crippen molar-refractivity contribution in [2.24, 2.45) is 5.73 Å². The molecular weight excluding hydrogens is 290 g/mol. The van der Waals surface area contributed by atoms with E-state index in [-0.39, 0.29) is 0 Å². The Bertz CT molecular complexity index is 772. The highest BCUT2D eigenvalue weighted by Crippen LogP contribution is 2.30. The van der Waals surface area contributed by atoms with Crippen molar-refractivity contribution in [2.75, 3.05) is 14.2 Å². The van der Waals surface area contributed by atoms with Crippen LogP contribution in [0.5, 0.6) is 11.5 Å². The average Bonchev–Trinajstić information content (AvgIpc) is 3.11. The molecule has 0 aliphatic rings. The molecule has 0 spiro atoms. The third-order valence-corrected chi connectivity index (χ3v) is 3.73. The largest absolute Gasteiger partial charge is 0.497 e. The van der Waals surface area contributed by atoms with Gasteiger partial charge in [0.1, 0.15) is 11.5 Å². The third-order valence-electron chi connectivity index (χ3n) is 3.73. The van der Waals surface area contributed by atoms with Crippen LogP contribution in [0.15, 0.2) is 48.5 Å². The van der Waals surface area contributed by atoms with E-state index in [0.717, 1.165) is 39.6 Å². The normalized spacial score (nSPS) is 10.6. The fraction of sp³-hybridized carbons (Fsp3) is 0.167. The first-order chi connectivity index (χ1) is 11.2. The van der Waals surface area contributed by atoms with Crippen molar-refractivity contribution in [1.82, 2.24) is 10.2 Å². The Labute approximate surface area is 135 Å². The highest BCUT2D eigenvalue weighted by Gasteiger charge is 2.09. The second-order valence-corrected chi connectivity index (χ2v) is 5.17. The van der Waals surface area contributed by atoms with Gasteiger partial charge in [-0.25, -0.2) is 0 Å². The molecule has 0 unspecified atom stereocenters. The molecule has 5 heteroatoms. The lowest BCUT2D eigenvalue weighted by Crippen LogP contribution is -1.95. The maximum atomic E-state index is 5.63. The number of nitrogens with two attached hydrogens (primary N) is 1. The summed E-state index contributed by atoms with van der Waals surface area (Å²) in [5.41, 5.74) is 10.5. The topological polar surface area (TPSA) is 73.2 Å². The van der Waals surface area contributed by atoms with Crippen molar-refractivity contribution in [3.8, 4) is 34.0 Å². The van der Waals surface area contributed by atoms with Crippen LogP contribution in [0.1, 0.15) is 5.56 Å². The summed E-state index contributed by atoms with van der Waals surface area (Å²) in [6, 6.07) is 15.8. The number of H-pyrrole nitrogens is 1. The second kappa shape index (κ2) is 6.54. The Kier molecular flexibility index (Phi) is 4.30. The van der Waals surface area contributed by atoms with E-state index in [1.54, 1.807) is 14.2 Å². The van der Waals surface area contributed by atoms with Crippen molar-refractivity contribution in [3.63, 3.8) is 0 Å². The Morgan fingerprint density at radius 3 is 2.13 bits per heavy atom. The molecule has 3 N–H and O–H groups in total. The van der Waals surface area contributed by atoms with Gasteiger partial charge in [-0.3, -0.25) is 5.10 Å². The van der Waals surface area contributed by atoms with Crippen LogP contribution in [0, 0.1) is 0 Å². The fourth-order valence-electron chi connectivity index (χ4n) is 2.39. The van der Waals surface area contributed by atoms with Crippen molar-refractivity contribution in [2.45, 2.75) is 6.54 Å². The number of hydrogen-bond acceptors (Lipinski definition) is 4. The highest BCUT2D eigenvalue weighted by molar-refractivity contribution is 5.70. The lowest BCUT2D eigenvalue weighted by Gasteiger charge is -2.06. The van der Waals surface area contributed by atoms with E-state index in [4.69, 9.17) is 15.2 Å². The minimum atomic E-state index is 0.540. The second-order valence-electron chi connectivity index (χ2n) is 5.17. The van der Waals surface area contributed by atoms with E-state index in [2.05, 4.69) is 10.2 Å². The summed E-state index contributed by atoms with van der Waals surface area (Å²) >= 11 is 0. The molecule has 118 valence electrons. The molecule has 23 heavy (non-hydrogen) atoms. The van der Waals surface area contributed by atoms with Gasteiger partial charge in [-0.15, -0.1) is 0 Å². The SMILES string of the molecule is COc1cc(OC)cc(-c2cc(-c3ccc(CN)cc3)[nH]n2)c1. The van der Waals surface area contributed by atoms with E-state index in [9.17, 15) is 0 Å². The van der Waals surface area contributed by atoms with Crippen molar-refractivity contribution < 1.29 is 9.47 Å². The number of benzene rings is 2. The predicted octanol–water partition coefficient (Wildman–Crippen LogP) is 3.22. The number of aromatic amines is 1. The van der Waals surface area contributed by atoms with E-state index in [1.165, 1.54) is 0 Å². The van der Waals surface area contributed by atoms with Crippen molar-refractivity contribution >= 4 is 0 Å². The summed E-state index contributed by atoms with van der Waals surface area (Å²) in [6.45, 7) is 0.540. The van der Waals surface area contributed by atoms with Crippen LogP contribution in [0.25, 0.3) is 22.5 Å². The number of ether oxygens (including phenoxy) is 2. The van der Waals surface area contributed by atoms with Crippen LogP contribution in [0.4, 0.5) is 0 Å². The van der Waals surface area contributed by atoms with Gasteiger partial charge in [-0.2, -0.15) is 5.10 Å². The lowest BCUT2D eigenvalue weighted by molar-refractivity contribution is 0.394.